The van der Waals surface area contributed by atoms with E-state index in [4.69, 9.17) is 0 Å². The van der Waals surface area contributed by atoms with Gasteiger partial charge in [-0.1, -0.05) is 33.6 Å². The number of rotatable bonds is 7. The number of hydrogen-bond donors (Lipinski definition) is 1. The minimum atomic E-state index is 0.384. The second-order valence-electron chi connectivity index (χ2n) is 4.64. The molecule has 0 saturated carbocycles. The standard InChI is InChI=1S/C14H23BrN2/c1-4-6-11(3)9-14(16-5-2)13-8-7-12(15)10-17-13/h7-8,10-11,14,16H,4-6,9H2,1-3H3. The van der Waals surface area contributed by atoms with Gasteiger partial charge in [-0.3, -0.25) is 4.98 Å². The molecule has 0 saturated heterocycles. The fraction of sp³-hybridized carbons (Fsp3) is 0.643. The highest BCUT2D eigenvalue weighted by molar-refractivity contribution is 9.10. The molecule has 0 fully saturated rings. The number of halogens is 1. The summed E-state index contributed by atoms with van der Waals surface area (Å²) in [5.41, 5.74) is 1.15. The molecule has 96 valence electrons. The van der Waals surface area contributed by atoms with E-state index >= 15 is 0 Å². The van der Waals surface area contributed by atoms with E-state index < -0.39 is 0 Å². The van der Waals surface area contributed by atoms with Crippen LogP contribution in [0.1, 0.15) is 51.8 Å². The molecule has 0 radical (unpaired) electrons. The third-order valence-corrected chi connectivity index (χ3v) is 3.45. The van der Waals surface area contributed by atoms with Gasteiger partial charge in [-0.05, 0) is 46.9 Å². The van der Waals surface area contributed by atoms with E-state index in [9.17, 15) is 0 Å². The first kappa shape index (κ1) is 14.7. The Morgan fingerprint density at radius 1 is 1.35 bits per heavy atom. The summed E-state index contributed by atoms with van der Waals surface area (Å²) < 4.78 is 1.04. The van der Waals surface area contributed by atoms with Gasteiger partial charge in [0.05, 0.1) is 5.69 Å². The lowest BCUT2D eigenvalue weighted by atomic mass is 9.95. The number of aromatic nitrogens is 1. The molecule has 0 aliphatic rings. The predicted molar refractivity (Wildman–Crippen MR) is 77.0 cm³/mol. The molecule has 0 aromatic carbocycles. The van der Waals surface area contributed by atoms with E-state index in [0.29, 0.717) is 6.04 Å². The van der Waals surface area contributed by atoms with E-state index in [1.165, 1.54) is 12.8 Å². The van der Waals surface area contributed by atoms with E-state index in [1.807, 2.05) is 6.20 Å². The third kappa shape index (κ3) is 5.17. The summed E-state index contributed by atoms with van der Waals surface area (Å²) in [5, 5.41) is 3.53. The van der Waals surface area contributed by atoms with Crippen LogP contribution >= 0.6 is 15.9 Å². The van der Waals surface area contributed by atoms with Crippen molar-refractivity contribution in [3.05, 3.63) is 28.5 Å². The van der Waals surface area contributed by atoms with Crippen LogP contribution in [0, 0.1) is 5.92 Å². The number of nitrogens with zero attached hydrogens (tertiary/aromatic N) is 1. The van der Waals surface area contributed by atoms with Gasteiger partial charge in [-0.2, -0.15) is 0 Å². The minimum Gasteiger partial charge on any atom is -0.309 e. The van der Waals surface area contributed by atoms with Crippen molar-refractivity contribution in [1.82, 2.24) is 10.3 Å². The van der Waals surface area contributed by atoms with E-state index in [1.54, 1.807) is 0 Å². The lowest BCUT2D eigenvalue weighted by molar-refractivity contribution is 0.390. The van der Waals surface area contributed by atoms with Crippen LogP contribution < -0.4 is 5.32 Å². The van der Waals surface area contributed by atoms with Crippen LogP contribution in [0.4, 0.5) is 0 Å². The van der Waals surface area contributed by atoms with Crippen molar-refractivity contribution in [3.8, 4) is 0 Å². The number of pyridine rings is 1. The first-order chi connectivity index (χ1) is 8.17. The van der Waals surface area contributed by atoms with Crippen molar-refractivity contribution in [2.45, 2.75) is 46.1 Å². The maximum Gasteiger partial charge on any atom is 0.0574 e. The van der Waals surface area contributed by atoms with E-state index in [-0.39, 0.29) is 0 Å². The largest absolute Gasteiger partial charge is 0.309 e. The highest BCUT2D eigenvalue weighted by Gasteiger charge is 2.15. The molecule has 0 spiro atoms. The third-order valence-electron chi connectivity index (χ3n) is 2.98. The molecule has 17 heavy (non-hydrogen) atoms. The van der Waals surface area contributed by atoms with E-state index in [0.717, 1.165) is 29.1 Å². The SMILES string of the molecule is CCCC(C)CC(NCC)c1ccc(Br)cn1. The van der Waals surface area contributed by atoms with Crippen molar-refractivity contribution in [1.29, 1.82) is 0 Å². The first-order valence-corrected chi connectivity index (χ1v) is 7.31. The monoisotopic (exact) mass is 298 g/mol. The zero-order valence-electron chi connectivity index (χ0n) is 11.0. The van der Waals surface area contributed by atoms with Crippen LogP contribution in [0.3, 0.4) is 0 Å². The van der Waals surface area contributed by atoms with Gasteiger partial charge in [0.15, 0.2) is 0 Å². The van der Waals surface area contributed by atoms with Crippen LogP contribution in [-0.2, 0) is 0 Å². The van der Waals surface area contributed by atoms with Crippen LogP contribution in [-0.4, -0.2) is 11.5 Å². The van der Waals surface area contributed by atoms with Crippen LogP contribution in [0.5, 0.6) is 0 Å². The molecule has 1 heterocycles. The zero-order valence-corrected chi connectivity index (χ0v) is 12.6. The van der Waals surface area contributed by atoms with Gasteiger partial charge in [0.1, 0.15) is 0 Å². The molecule has 1 aromatic heterocycles. The topological polar surface area (TPSA) is 24.9 Å². The normalized spacial score (nSPS) is 14.6. The lowest BCUT2D eigenvalue weighted by Crippen LogP contribution is -2.23. The zero-order chi connectivity index (χ0) is 12.7. The Morgan fingerprint density at radius 3 is 2.65 bits per heavy atom. The Bertz CT molecular complexity index is 311. The average Bonchev–Trinajstić information content (AvgIpc) is 2.30. The van der Waals surface area contributed by atoms with Crippen LogP contribution in [0.15, 0.2) is 22.8 Å². The van der Waals surface area contributed by atoms with Gasteiger partial charge in [0.2, 0.25) is 0 Å². The first-order valence-electron chi connectivity index (χ1n) is 6.52. The highest BCUT2D eigenvalue weighted by atomic mass is 79.9. The van der Waals surface area contributed by atoms with Crippen LogP contribution in [0.25, 0.3) is 0 Å². The molecule has 0 aliphatic carbocycles. The van der Waals surface area contributed by atoms with Gasteiger partial charge in [0, 0.05) is 16.7 Å². The van der Waals surface area contributed by atoms with E-state index in [2.05, 4.69) is 59.1 Å². The molecule has 2 nitrogen and oxygen atoms in total. The summed E-state index contributed by atoms with van der Waals surface area (Å²) in [6.45, 7) is 7.71. The second-order valence-corrected chi connectivity index (χ2v) is 5.56. The smallest absolute Gasteiger partial charge is 0.0574 e. The quantitative estimate of drug-likeness (QED) is 0.811. The van der Waals surface area contributed by atoms with Crippen molar-refractivity contribution >= 4 is 15.9 Å². The summed E-state index contributed by atoms with van der Waals surface area (Å²) in [6.07, 6.45) is 5.59. The maximum absolute atomic E-state index is 4.50. The molecular formula is C14H23BrN2. The van der Waals surface area contributed by atoms with Gasteiger partial charge >= 0.3 is 0 Å². The fourth-order valence-electron chi connectivity index (χ4n) is 2.16. The Kier molecular flexibility index (Phi) is 6.75. The van der Waals surface area contributed by atoms with Crippen LogP contribution in [0.2, 0.25) is 0 Å². The van der Waals surface area contributed by atoms with Crippen molar-refractivity contribution in [2.75, 3.05) is 6.54 Å². The molecule has 2 unspecified atom stereocenters. The molecule has 1 N–H and O–H groups in total. The Hall–Kier alpha value is -0.410. The number of nitrogens with one attached hydrogen (secondary N) is 1. The van der Waals surface area contributed by atoms with Gasteiger partial charge < -0.3 is 5.32 Å². The maximum atomic E-state index is 4.50. The van der Waals surface area contributed by atoms with Gasteiger partial charge in [0.25, 0.3) is 0 Å². The molecule has 3 heteroatoms. The molecule has 2 atom stereocenters. The average molecular weight is 299 g/mol. The minimum absolute atomic E-state index is 0.384. The number of hydrogen-bond acceptors (Lipinski definition) is 2. The predicted octanol–water partition coefficient (Wildman–Crippen LogP) is 4.32. The summed E-state index contributed by atoms with van der Waals surface area (Å²) in [5.74, 6) is 0.745. The van der Waals surface area contributed by atoms with Gasteiger partial charge in [-0.25, -0.2) is 0 Å². The Labute approximate surface area is 113 Å². The summed E-state index contributed by atoms with van der Waals surface area (Å²) >= 11 is 3.43. The second kappa shape index (κ2) is 7.83. The molecule has 0 aliphatic heterocycles. The summed E-state index contributed by atoms with van der Waals surface area (Å²) in [4.78, 5) is 4.50. The molecule has 1 rings (SSSR count). The lowest BCUT2D eigenvalue weighted by Gasteiger charge is -2.21. The van der Waals surface area contributed by atoms with Gasteiger partial charge in [-0.15, -0.1) is 0 Å². The Morgan fingerprint density at radius 2 is 2.12 bits per heavy atom. The van der Waals surface area contributed by atoms with Crippen molar-refractivity contribution < 1.29 is 0 Å². The van der Waals surface area contributed by atoms with Crippen molar-refractivity contribution in [3.63, 3.8) is 0 Å². The Balaban J connectivity index is 2.67. The van der Waals surface area contributed by atoms with Crippen molar-refractivity contribution in [2.24, 2.45) is 5.92 Å². The summed E-state index contributed by atoms with van der Waals surface area (Å²) in [7, 11) is 0. The molecule has 1 aromatic rings. The molecular weight excluding hydrogens is 276 g/mol. The highest BCUT2D eigenvalue weighted by Crippen LogP contribution is 2.23. The summed E-state index contributed by atoms with van der Waals surface area (Å²) in [6, 6.07) is 4.56. The molecule has 0 amide bonds. The fourth-order valence-corrected chi connectivity index (χ4v) is 2.40. The molecule has 0 bridgehead atoms.